The summed E-state index contributed by atoms with van der Waals surface area (Å²) in [5.41, 5.74) is 1.15. The first kappa shape index (κ1) is 25.8. The molecule has 0 saturated carbocycles. The summed E-state index contributed by atoms with van der Waals surface area (Å²) in [6.45, 7) is 6.14. The van der Waals surface area contributed by atoms with Crippen LogP contribution in [-0.2, 0) is 16.3 Å². The van der Waals surface area contributed by atoms with Crippen LogP contribution in [0.15, 0.2) is 23.2 Å². The molecule has 1 aromatic carbocycles. The van der Waals surface area contributed by atoms with Crippen molar-refractivity contribution >= 4 is 39.8 Å². The monoisotopic (exact) mass is 540 g/mol. The second kappa shape index (κ2) is 13.1. The van der Waals surface area contributed by atoms with Crippen LogP contribution in [0.2, 0.25) is 0 Å². The standard InChI is InChI=1S/C19H32N4O4S.HI/c1-4-20-19(22-9-10-23-11-13-28(24,25)14-12-23)21-8-7-16-5-6-17(26-2)18(15-16)27-3;/h5-6,15H,4,7-14H2,1-3H3,(H2,20,21,22);1H. The van der Waals surface area contributed by atoms with Crippen molar-refractivity contribution in [2.75, 3.05) is 65.0 Å². The van der Waals surface area contributed by atoms with Gasteiger partial charge in [0.15, 0.2) is 27.3 Å². The lowest BCUT2D eigenvalue weighted by molar-refractivity contribution is 0.304. The maximum atomic E-state index is 11.5. The second-order valence-electron chi connectivity index (χ2n) is 6.62. The fraction of sp³-hybridized carbons (Fsp3) is 0.632. The molecule has 29 heavy (non-hydrogen) atoms. The number of aliphatic imine (C=N–C) groups is 1. The number of hydrogen-bond acceptors (Lipinski definition) is 6. The summed E-state index contributed by atoms with van der Waals surface area (Å²) in [7, 11) is 0.426. The lowest BCUT2D eigenvalue weighted by atomic mass is 10.1. The number of ether oxygens (including phenoxy) is 2. The first-order valence-corrected chi connectivity index (χ1v) is 11.5. The first-order chi connectivity index (χ1) is 13.5. The van der Waals surface area contributed by atoms with Crippen LogP contribution < -0.4 is 20.1 Å². The minimum Gasteiger partial charge on any atom is -0.493 e. The summed E-state index contributed by atoms with van der Waals surface area (Å²) < 4.78 is 33.6. The third-order valence-corrected chi connectivity index (χ3v) is 6.23. The van der Waals surface area contributed by atoms with Crippen LogP contribution in [0.1, 0.15) is 12.5 Å². The summed E-state index contributed by atoms with van der Waals surface area (Å²) in [6.07, 6.45) is 0.828. The van der Waals surface area contributed by atoms with Crippen molar-refractivity contribution in [2.24, 2.45) is 4.99 Å². The van der Waals surface area contributed by atoms with Crippen molar-refractivity contribution in [1.29, 1.82) is 0 Å². The minimum atomic E-state index is -2.83. The molecule has 0 atom stereocenters. The second-order valence-corrected chi connectivity index (χ2v) is 8.92. The highest BCUT2D eigenvalue weighted by molar-refractivity contribution is 14.0. The van der Waals surface area contributed by atoms with Gasteiger partial charge >= 0.3 is 0 Å². The normalized spacial score (nSPS) is 16.6. The topological polar surface area (TPSA) is 92.3 Å². The number of nitrogens with zero attached hydrogens (tertiary/aromatic N) is 2. The van der Waals surface area contributed by atoms with Gasteiger partial charge in [-0.05, 0) is 31.0 Å². The van der Waals surface area contributed by atoms with Crippen LogP contribution in [-0.4, -0.2) is 84.3 Å². The summed E-state index contributed by atoms with van der Waals surface area (Å²) in [5.74, 6) is 2.72. The molecule has 0 unspecified atom stereocenters. The summed E-state index contributed by atoms with van der Waals surface area (Å²) in [4.78, 5) is 6.75. The van der Waals surface area contributed by atoms with E-state index in [0.717, 1.165) is 49.1 Å². The molecule has 1 aromatic rings. The first-order valence-electron chi connectivity index (χ1n) is 9.63. The van der Waals surface area contributed by atoms with Gasteiger partial charge in [-0.1, -0.05) is 6.07 Å². The Morgan fingerprint density at radius 1 is 1.14 bits per heavy atom. The van der Waals surface area contributed by atoms with Crippen molar-refractivity contribution in [2.45, 2.75) is 13.3 Å². The molecule has 0 radical (unpaired) electrons. The van der Waals surface area contributed by atoms with E-state index in [1.807, 2.05) is 25.1 Å². The SMILES string of the molecule is CCNC(=NCCN1CCS(=O)(=O)CC1)NCCc1ccc(OC)c(OC)c1.I. The summed E-state index contributed by atoms with van der Waals surface area (Å²) >= 11 is 0. The van der Waals surface area contributed by atoms with Crippen molar-refractivity contribution in [1.82, 2.24) is 15.5 Å². The molecule has 0 amide bonds. The van der Waals surface area contributed by atoms with Crippen molar-refractivity contribution in [3.8, 4) is 11.5 Å². The molecule has 0 aromatic heterocycles. The van der Waals surface area contributed by atoms with Crippen molar-refractivity contribution in [3.05, 3.63) is 23.8 Å². The number of guanidine groups is 1. The third-order valence-electron chi connectivity index (χ3n) is 4.62. The number of rotatable bonds is 9. The zero-order valence-corrected chi connectivity index (χ0v) is 20.6. The number of methoxy groups -OCH3 is 2. The molecule has 10 heteroatoms. The van der Waals surface area contributed by atoms with E-state index in [4.69, 9.17) is 9.47 Å². The van der Waals surface area contributed by atoms with Gasteiger partial charge in [-0.15, -0.1) is 24.0 Å². The Balaban J connectivity index is 0.00000420. The quantitative estimate of drug-likeness (QED) is 0.276. The highest BCUT2D eigenvalue weighted by Gasteiger charge is 2.20. The average Bonchev–Trinajstić information content (AvgIpc) is 2.69. The molecular weight excluding hydrogens is 507 g/mol. The van der Waals surface area contributed by atoms with Crippen molar-refractivity contribution < 1.29 is 17.9 Å². The maximum absolute atomic E-state index is 11.5. The highest BCUT2D eigenvalue weighted by Crippen LogP contribution is 2.27. The highest BCUT2D eigenvalue weighted by atomic mass is 127. The Labute approximate surface area is 191 Å². The molecule has 0 aliphatic carbocycles. The van der Waals surface area contributed by atoms with Gasteiger partial charge in [0.25, 0.3) is 0 Å². The predicted molar refractivity (Wildman–Crippen MR) is 128 cm³/mol. The zero-order valence-electron chi connectivity index (χ0n) is 17.4. The number of halogens is 1. The van der Waals surface area contributed by atoms with Gasteiger partial charge < -0.3 is 20.1 Å². The van der Waals surface area contributed by atoms with Crippen molar-refractivity contribution in [3.63, 3.8) is 0 Å². The maximum Gasteiger partial charge on any atom is 0.191 e. The fourth-order valence-electron chi connectivity index (χ4n) is 2.98. The Hall–Kier alpha value is -1.27. The Bertz CT molecular complexity index is 745. The van der Waals surface area contributed by atoms with Crippen LogP contribution in [0.5, 0.6) is 11.5 Å². The van der Waals surface area contributed by atoms with E-state index < -0.39 is 9.84 Å². The van der Waals surface area contributed by atoms with E-state index in [-0.39, 0.29) is 35.5 Å². The fourth-order valence-corrected chi connectivity index (χ4v) is 4.26. The molecular formula is C19H33IN4O4S. The van der Waals surface area contributed by atoms with Gasteiger partial charge in [0, 0.05) is 32.7 Å². The largest absolute Gasteiger partial charge is 0.493 e. The van der Waals surface area contributed by atoms with E-state index in [2.05, 4.69) is 20.5 Å². The van der Waals surface area contributed by atoms with Gasteiger partial charge in [0.1, 0.15) is 0 Å². The predicted octanol–water partition coefficient (Wildman–Crippen LogP) is 1.15. The molecule has 1 fully saturated rings. The van der Waals surface area contributed by atoms with E-state index in [0.29, 0.717) is 19.6 Å². The average molecular weight is 540 g/mol. The molecule has 0 bridgehead atoms. The lowest BCUT2D eigenvalue weighted by Gasteiger charge is -2.25. The van der Waals surface area contributed by atoms with E-state index in [1.165, 1.54) is 0 Å². The molecule has 1 heterocycles. The number of sulfone groups is 1. The summed E-state index contributed by atoms with van der Waals surface area (Å²) in [6, 6.07) is 5.92. The Kier molecular flexibility index (Phi) is 11.7. The zero-order chi connectivity index (χ0) is 20.4. The summed E-state index contributed by atoms with van der Waals surface area (Å²) in [5, 5.41) is 6.58. The third kappa shape index (κ3) is 8.95. The van der Waals surface area contributed by atoms with E-state index in [9.17, 15) is 8.42 Å². The number of nitrogens with one attached hydrogen (secondary N) is 2. The van der Waals surface area contributed by atoms with E-state index >= 15 is 0 Å². The minimum absolute atomic E-state index is 0. The van der Waals surface area contributed by atoms with Crippen LogP contribution >= 0.6 is 24.0 Å². The van der Waals surface area contributed by atoms with Gasteiger partial charge in [-0.25, -0.2) is 8.42 Å². The Morgan fingerprint density at radius 3 is 2.45 bits per heavy atom. The smallest absolute Gasteiger partial charge is 0.191 e. The molecule has 2 rings (SSSR count). The Morgan fingerprint density at radius 2 is 1.83 bits per heavy atom. The van der Waals surface area contributed by atoms with E-state index in [1.54, 1.807) is 14.2 Å². The molecule has 0 spiro atoms. The van der Waals surface area contributed by atoms with Crippen LogP contribution in [0.25, 0.3) is 0 Å². The lowest BCUT2D eigenvalue weighted by Crippen LogP contribution is -2.42. The van der Waals surface area contributed by atoms with Crippen LogP contribution in [0.4, 0.5) is 0 Å². The van der Waals surface area contributed by atoms with Gasteiger partial charge in [0.05, 0.1) is 32.3 Å². The van der Waals surface area contributed by atoms with Crippen LogP contribution in [0, 0.1) is 0 Å². The molecule has 8 nitrogen and oxygen atoms in total. The van der Waals surface area contributed by atoms with Gasteiger partial charge in [0.2, 0.25) is 0 Å². The molecule has 2 N–H and O–H groups in total. The molecule has 1 saturated heterocycles. The molecule has 166 valence electrons. The molecule has 1 aliphatic rings. The number of hydrogen-bond donors (Lipinski definition) is 2. The molecule has 1 aliphatic heterocycles. The number of benzene rings is 1. The van der Waals surface area contributed by atoms with Crippen LogP contribution in [0.3, 0.4) is 0 Å². The van der Waals surface area contributed by atoms with Gasteiger partial charge in [-0.2, -0.15) is 0 Å². The van der Waals surface area contributed by atoms with Gasteiger partial charge in [-0.3, -0.25) is 9.89 Å².